The van der Waals surface area contributed by atoms with E-state index in [2.05, 4.69) is 167 Å². The maximum atomic E-state index is 12.8. The van der Waals surface area contributed by atoms with Gasteiger partial charge in [0.05, 0.1) is 0 Å². The van der Waals surface area contributed by atoms with E-state index < -0.39 is 12.1 Å². The lowest BCUT2D eigenvalue weighted by Crippen LogP contribution is -2.30. The van der Waals surface area contributed by atoms with Crippen LogP contribution < -0.4 is 0 Å². The Morgan fingerprint density at radius 1 is 0.273 bits per heavy atom. The van der Waals surface area contributed by atoms with Gasteiger partial charge in [0.2, 0.25) is 0 Å². The third kappa shape index (κ3) is 61.8. The second-order valence-electron chi connectivity index (χ2n) is 19.8. The molecular formula is C71H112O6. The van der Waals surface area contributed by atoms with Crippen LogP contribution in [-0.4, -0.2) is 37.2 Å². The lowest BCUT2D eigenvalue weighted by Gasteiger charge is -2.18. The van der Waals surface area contributed by atoms with Crippen LogP contribution in [-0.2, 0) is 28.6 Å². The minimum Gasteiger partial charge on any atom is -0.462 e. The number of rotatable bonds is 54. The summed E-state index contributed by atoms with van der Waals surface area (Å²) in [4.78, 5) is 38.1. The quantitative estimate of drug-likeness (QED) is 0.0261. The largest absolute Gasteiger partial charge is 0.462 e. The molecule has 6 nitrogen and oxygen atoms in total. The number of hydrogen-bond donors (Lipinski definition) is 0. The molecule has 0 aliphatic heterocycles. The number of carbonyl (C=O) groups is 3. The highest BCUT2D eigenvalue weighted by Gasteiger charge is 2.19. The summed E-state index contributed by atoms with van der Waals surface area (Å²) in [6, 6.07) is 0. The first-order valence-corrected chi connectivity index (χ1v) is 31.0. The second-order valence-corrected chi connectivity index (χ2v) is 19.8. The van der Waals surface area contributed by atoms with Crippen LogP contribution in [0.5, 0.6) is 0 Å². The first kappa shape index (κ1) is 72.0. The van der Waals surface area contributed by atoms with Gasteiger partial charge in [-0.25, -0.2) is 0 Å². The minimum atomic E-state index is -0.829. The predicted molar refractivity (Wildman–Crippen MR) is 334 cm³/mol. The van der Waals surface area contributed by atoms with Gasteiger partial charge in [0, 0.05) is 19.3 Å². The molecule has 0 fully saturated rings. The topological polar surface area (TPSA) is 78.9 Å². The van der Waals surface area contributed by atoms with E-state index in [0.29, 0.717) is 19.3 Å². The highest BCUT2D eigenvalue weighted by Crippen LogP contribution is 2.14. The number of esters is 3. The van der Waals surface area contributed by atoms with Gasteiger partial charge >= 0.3 is 17.9 Å². The smallest absolute Gasteiger partial charge is 0.306 e. The van der Waals surface area contributed by atoms with Crippen molar-refractivity contribution in [3.05, 3.63) is 158 Å². The van der Waals surface area contributed by atoms with Gasteiger partial charge in [-0.3, -0.25) is 14.4 Å². The van der Waals surface area contributed by atoms with Crippen molar-refractivity contribution in [3.63, 3.8) is 0 Å². The third-order valence-corrected chi connectivity index (χ3v) is 12.5. The number of hydrogen-bond acceptors (Lipinski definition) is 6. The lowest BCUT2D eigenvalue weighted by atomic mass is 10.0. The molecule has 0 radical (unpaired) electrons. The lowest BCUT2D eigenvalue weighted by molar-refractivity contribution is -0.166. The molecule has 0 N–H and O–H groups in total. The van der Waals surface area contributed by atoms with E-state index in [9.17, 15) is 14.4 Å². The Morgan fingerprint density at radius 2 is 0.532 bits per heavy atom. The van der Waals surface area contributed by atoms with Crippen LogP contribution in [0.3, 0.4) is 0 Å². The zero-order valence-corrected chi connectivity index (χ0v) is 49.4. The summed E-state index contributed by atoms with van der Waals surface area (Å²) in [5.41, 5.74) is 0. The van der Waals surface area contributed by atoms with Gasteiger partial charge in [0.1, 0.15) is 13.2 Å². The van der Waals surface area contributed by atoms with Crippen LogP contribution >= 0.6 is 0 Å². The molecule has 77 heavy (non-hydrogen) atoms. The monoisotopic (exact) mass is 1060 g/mol. The van der Waals surface area contributed by atoms with Crippen molar-refractivity contribution in [1.29, 1.82) is 0 Å². The van der Waals surface area contributed by atoms with Crippen molar-refractivity contribution < 1.29 is 28.6 Å². The van der Waals surface area contributed by atoms with Gasteiger partial charge in [0.15, 0.2) is 6.10 Å². The maximum absolute atomic E-state index is 12.8. The van der Waals surface area contributed by atoms with E-state index >= 15 is 0 Å². The van der Waals surface area contributed by atoms with Gasteiger partial charge in [-0.1, -0.05) is 262 Å². The summed E-state index contributed by atoms with van der Waals surface area (Å²) in [6.07, 6.45) is 92.7. The molecule has 0 saturated heterocycles. The Kier molecular flexibility index (Phi) is 59.5. The molecule has 0 amide bonds. The maximum Gasteiger partial charge on any atom is 0.306 e. The molecule has 0 aliphatic carbocycles. The first-order chi connectivity index (χ1) is 38.0. The Hall–Kier alpha value is -4.97. The van der Waals surface area contributed by atoms with Crippen LogP contribution in [0.15, 0.2) is 158 Å². The zero-order chi connectivity index (χ0) is 55.7. The molecule has 6 heteroatoms. The van der Waals surface area contributed by atoms with E-state index in [0.717, 1.165) is 141 Å². The number of ether oxygens (including phenoxy) is 3. The van der Waals surface area contributed by atoms with Crippen molar-refractivity contribution >= 4 is 17.9 Å². The number of unbranched alkanes of at least 4 members (excludes halogenated alkanes) is 17. The van der Waals surface area contributed by atoms with E-state index in [-0.39, 0.29) is 31.6 Å². The Labute approximate surface area is 473 Å². The molecule has 0 spiro atoms. The standard InChI is InChI=1S/C71H112O6/c1-4-7-10-13-16-19-22-25-26-27-28-29-30-31-32-33-34-35-36-37-38-39-40-41-42-43-44-47-49-52-55-58-61-64-70(73)76-67-68(77-71(74)65-62-59-56-53-50-46-24-21-18-15-12-9-6-3)66-75-69(72)63-60-57-54-51-48-45-23-20-17-14-11-8-5-2/h7,9-12,14,16,18-21,23,25-26,28-29,31-32,34-35,37-38,46,50,56,59,68H,4-6,8,13,15,17,22,24,27,30,33,36,39-45,47-49,51-55,57-58,60-67H2,1-3H3/b10-7-,12-9-,14-11-,19-16-,21-18-,23-20-,26-25-,29-28-,32-31-,35-34-,38-37-,50-46-,59-56-. The predicted octanol–water partition coefficient (Wildman–Crippen LogP) is 21.3. The molecule has 0 bridgehead atoms. The number of allylic oxidation sites excluding steroid dienone is 26. The van der Waals surface area contributed by atoms with Gasteiger partial charge in [-0.2, -0.15) is 0 Å². The summed E-state index contributed by atoms with van der Waals surface area (Å²) >= 11 is 0. The highest BCUT2D eigenvalue weighted by atomic mass is 16.6. The molecule has 1 unspecified atom stereocenters. The fourth-order valence-corrected chi connectivity index (χ4v) is 7.94. The van der Waals surface area contributed by atoms with Crippen molar-refractivity contribution in [3.8, 4) is 0 Å². The fourth-order valence-electron chi connectivity index (χ4n) is 7.94. The average Bonchev–Trinajstić information content (AvgIpc) is 3.43. The Bertz CT molecular complexity index is 1740. The first-order valence-electron chi connectivity index (χ1n) is 31.0. The van der Waals surface area contributed by atoms with Crippen LogP contribution in [0, 0.1) is 0 Å². The molecule has 0 aliphatic rings. The average molecular weight is 1060 g/mol. The molecular weight excluding hydrogens is 949 g/mol. The summed E-state index contributed by atoms with van der Waals surface area (Å²) in [6.45, 7) is 6.26. The van der Waals surface area contributed by atoms with Crippen molar-refractivity contribution in [1.82, 2.24) is 0 Å². The van der Waals surface area contributed by atoms with Crippen LogP contribution in [0.4, 0.5) is 0 Å². The molecule has 0 aromatic rings. The Morgan fingerprint density at radius 3 is 0.844 bits per heavy atom. The van der Waals surface area contributed by atoms with Crippen LogP contribution in [0.25, 0.3) is 0 Å². The van der Waals surface area contributed by atoms with Crippen molar-refractivity contribution in [2.75, 3.05) is 13.2 Å². The van der Waals surface area contributed by atoms with Crippen molar-refractivity contribution in [2.45, 2.75) is 258 Å². The van der Waals surface area contributed by atoms with Crippen LogP contribution in [0.1, 0.15) is 252 Å². The van der Waals surface area contributed by atoms with Crippen LogP contribution in [0.2, 0.25) is 0 Å². The number of carbonyl (C=O) groups excluding carboxylic acids is 3. The van der Waals surface area contributed by atoms with Gasteiger partial charge in [-0.15, -0.1) is 0 Å². The molecule has 0 saturated carbocycles. The molecule has 0 heterocycles. The molecule has 0 rings (SSSR count). The zero-order valence-electron chi connectivity index (χ0n) is 49.4. The summed E-state index contributed by atoms with van der Waals surface area (Å²) in [5, 5.41) is 0. The molecule has 0 aromatic heterocycles. The summed E-state index contributed by atoms with van der Waals surface area (Å²) in [5.74, 6) is -1.02. The molecule has 1 atom stereocenters. The van der Waals surface area contributed by atoms with Crippen molar-refractivity contribution in [2.24, 2.45) is 0 Å². The van der Waals surface area contributed by atoms with Gasteiger partial charge in [-0.05, 0) is 128 Å². The van der Waals surface area contributed by atoms with E-state index in [1.165, 1.54) is 64.2 Å². The highest BCUT2D eigenvalue weighted by molar-refractivity contribution is 5.71. The summed E-state index contributed by atoms with van der Waals surface area (Å²) in [7, 11) is 0. The third-order valence-electron chi connectivity index (χ3n) is 12.5. The molecule has 432 valence electrons. The second kappa shape index (κ2) is 63.6. The van der Waals surface area contributed by atoms with E-state index in [1.54, 1.807) is 0 Å². The SMILES string of the molecule is CC/C=C\C/C=C\C/C=C\C/C=C\C/C=C\C/C=C\C/C=C\CCCCCCCCCCCCCC(=O)OCC(COC(=O)CCCCCCC/C=C\C/C=C\CCC)OC(=O)CC/C=C\C/C=C\C/C=C\C/C=C\CC. The van der Waals surface area contributed by atoms with Gasteiger partial charge in [0.25, 0.3) is 0 Å². The minimum absolute atomic E-state index is 0.118. The van der Waals surface area contributed by atoms with E-state index in [4.69, 9.17) is 14.2 Å². The summed E-state index contributed by atoms with van der Waals surface area (Å²) < 4.78 is 16.8. The van der Waals surface area contributed by atoms with Gasteiger partial charge < -0.3 is 14.2 Å². The van der Waals surface area contributed by atoms with E-state index in [1.807, 2.05) is 12.2 Å². The Balaban J connectivity index is 4.26. The molecule has 0 aromatic carbocycles. The normalized spacial score (nSPS) is 13.2. The fraction of sp³-hybridized carbons (Fsp3) is 0.592.